The van der Waals surface area contributed by atoms with Gasteiger partial charge in [0.1, 0.15) is 11.6 Å². The van der Waals surface area contributed by atoms with Gasteiger partial charge in [-0.25, -0.2) is 4.68 Å². The fourth-order valence-corrected chi connectivity index (χ4v) is 4.94. The highest BCUT2D eigenvalue weighted by Crippen LogP contribution is 2.48. The summed E-state index contributed by atoms with van der Waals surface area (Å²) < 4.78 is 7.00. The van der Waals surface area contributed by atoms with Crippen LogP contribution in [0.4, 0.5) is 5.82 Å². The molecule has 1 aliphatic rings. The van der Waals surface area contributed by atoms with E-state index in [1.165, 1.54) is 5.56 Å². The summed E-state index contributed by atoms with van der Waals surface area (Å²) >= 11 is 0. The second-order valence-electron chi connectivity index (χ2n) is 10.4. The number of anilines is 1. The van der Waals surface area contributed by atoms with Gasteiger partial charge in [0.15, 0.2) is 0 Å². The zero-order chi connectivity index (χ0) is 27.4. The van der Waals surface area contributed by atoms with Gasteiger partial charge in [-0.1, -0.05) is 74.5 Å². The van der Waals surface area contributed by atoms with Crippen molar-refractivity contribution in [1.82, 2.24) is 14.7 Å². The summed E-state index contributed by atoms with van der Waals surface area (Å²) in [7, 11) is 1.62. The molecule has 0 radical (unpaired) electrons. The molecule has 5 rings (SSSR count). The number of aromatic nitrogens is 2. The summed E-state index contributed by atoms with van der Waals surface area (Å²) in [6.45, 7) is 4.63. The van der Waals surface area contributed by atoms with Gasteiger partial charge in [-0.3, -0.25) is 9.59 Å². The van der Waals surface area contributed by atoms with Gasteiger partial charge in [-0.05, 0) is 48.1 Å². The number of hydrogen-bond acceptors (Lipinski definition) is 4. The number of methoxy groups -OCH3 is 1. The average Bonchev–Trinajstić information content (AvgIpc) is 3.66. The minimum absolute atomic E-state index is 0.0104. The van der Waals surface area contributed by atoms with Gasteiger partial charge in [0.25, 0.3) is 0 Å². The van der Waals surface area contributed by atoms with Crippen LogP contribution in [-0.4, -0.2) is 46.7 Å². The average molecular weight is 523 g/mol. The molecule has 0 bridgehead atoms. The third-order valence-electron chi connectivity index (χ3n) is 6.93. The van der Waals surface area contributed by atoms with Crippen molar-refractivity contribution in [2.45, 2.75) is 26.2 Å². The zero-order valence-electron chi connectivity index (χ0n) is 22.6. The van der Waals surface area contributed by atoms with E-state index in [-0.39, 0.29) is 36.1 Å². The molecule has 0 saturated heterocycles. The molecular weight excluding hydrogens is 488 g/mol. The molecule has 7 nitrogen and oxygen atoms in total. The van der Waals surface area contributed by atoms with E-state index in [9.17, 15) is 9.59 Å². The van der Waals surface area contributed by atoms with Gasteiger partial charge < -0.3 is 15.0 Å². The van der Waals surface area contributed by atoms with E-state index in [1.54, 1.807) is 16.7 Å². The molecule has 39 heavy (non-hydrogen) atoms. The molecule has 2 amide bonds. The number of nitrogens with one attached hydrogen (secondary N) is 1. The Morgan fingerprint density at radius 3 is 2.31 bits per heavy atom. The van der Waals surface area contributed by atoms with Crippen LogP contribution >= 0.6 is 0 Å². The molecule has 2 atom stereocenters. The minimum Gasteiger partial charge on any atom is -0.497 e. The largest absolute Gasteiger partial charge is 0.497 e. The number of carbonyl (C=O) groups is 2. The Balaban J connectivity index is 1.36. The SMILES string of the molecule is COc1ccc(-n2nc(-c3ccccc3)cc2NC(=O)CN(CC(C)C)C(=O)C2CC2c2ccccc2)cc1. The number of nitrogens with zero attached hydrogens (tertiary/aromatic N) is 3. The van der Waals surface area contributed by atoms with Gasteiger partial charge in [0.05, 0.1) is 25.0 Å². The normalized spacial score (nSPS) is 16.1. The van der Waals surface area contributed by atoms with Gasteiger partial charge in [0.2, 0.25) is 11.8 Å². The van der Waals surface area contributed by atoms with Crippen molar-refractivity contribution in [3.63, 3.8) is 0 Å². The summed E-state index contributed by atoms with van der Waals surface area (Å²) in [4.78, 5) is 28.5. The van der Waals surface area contributed by atoms with Crippen LogP contribution in [0.2, 0.25) is 0 Å². The number of amides is 2. The maximum atomic E-state index is 13.5. The first kappa shape index (κ1) is 26.2. The molecule has 7 heteroatoms. The summed E-state index contributed by atoms with van der Waals surface area (Å²) in [5, 5.41) is 7.81. The van der Waals surface area contributed by atoms with Gasteiger partial charge in [-0.2, -0.15) is 5.10 Å². The van der Waals surface area contributed by atoms with Crippen LogP contribution in [0.3, 0.4) is 0 Å². The number of rotatable bonds is 10. The smallest absolute Gasteiger partial charge is 0.245 e. The highest BCUT2D eigenvalue weighted by molar-refractivity contribution is 5.95. The van der Waals surface area contributed by atoms with Crippen LogP contribution < -0.4 is 10.1 Å². The van der Waals surface area contributed by atoms with Gasteiger partial charge in [0, 0.05) is 24.1 Å². The van der Waals surface area contributed by atoms with Crippen molar-refractivity contribution in [1.29, 1.82) is 0 Å². The molecule has 4 aromatic rings. The maximum Gasteiger partial charge on any atom is 0.245 e. The molecule has 200 valence electrons. The van der Waals surface area contributed by atoms with E-state index in [1.807, 2.05) is 78.9 Å². The first-order valence-electron chi connectivity index (χ1n) is 13.4. The van der Waals surface area contributed by atoms with Crippen molar-refractivity contribution in [2.75, 3.05) is 25.5 Å². The Hall–Kier alpha value is -4.39. The predicted octanol–water partition coefficient (Wildman–Crippen LogP) is 5.77. The van der Waals surface area contributed by atoms with Crippen LogP contribution in [0, 0.1) is 11.8 Å². The summed E-state index contributed by atoms with van der Waals surface area (Å²) in [6.07, 6.45) is 0.823. The monoisotopic (exact) mass is 522 g/mol. The molecule has 3 aromatic carbocycles. The minimum atomic E-state index is -0.254. The molecule has 1 N–H and O–H groups in total. The van der Waals surface area contributed by atoms with E-state index >= 15 is 0 Å². The van der Waals surface area contributed by atoms with E-state index < -0.39 is 0 Å². The van der Waals surface area contributed by atoms with E-state index in [0.717, 1.165) is 29.1 Å². The van der Waals surface area contributed by atoms with Gasteiger partial charge in [-0.15, -0.1) is 0 Å². The van der Waals surface area contributed by atoms with Gasteiger partial charge >= 0.3 is 0 Å². The molecule has 1 aromatic heterocycles. The van der Waals surface area contributed by atoms with Crippen LogP contribution in [-0.2, 0) is 9.59 Å². The van der Waals surface area contributed by atoms with E-state index in [4.69, 9.17) is 9.84 Å². The number of hydrogen-bond donors (Lipinski definition) is 1. The Kier molecular flexibility index (Phi) is 7.77. The molecule has 2 unspecified atom stereocenters. The van der Waals surface area contributed by atoms with Crippen molar-refractivity contribution in [3.05, 3.63) is 96.6 Å². The van der Waals surface area contributed by atoms with Crippen molar-refractivity contribution in [3.8, 4) is 22.7 Å². The topological polar surface area (TPSA) is 76.5 Å². The Morgan fingerprint density at radius 2 is 1.67 bits per heavy atom. The zero-order valence-corrected chi connectivity index (χ0v) is 22.6. The van der Waals surface area contributed by atoms with Crippen LogP contribution in [0.25, 0.3) is 16.9 Å². The fourth-order valence-electron chi connectivity index (χ4n) is 4.94. The number of carbonyl (C=O) groups excluding carboxylic acids is 2. The first-order chi connectivity index (χ1) is 18.9. The number of benzene rings is 3. The Labute approximate surface area is 229 Å². The third kappa shape index (κ3) is 6.20. The summed E-state index contributed by atoms with van der Waals surface area (Å²) in [5.41, 5.74) is 3.65. The molecule has 1 heterocycles. The molecule has 0 spiro atoms. The lowest BCUT2D eigenvalue weighted by Gasteiger charge is -2.24. The lowest BCUT2D eigenvalue weighted by atomic mass is 10.1. The van der Waals surface area contributed by atoms with E-state index in [2.05, 4.69) is 31.3 Å². The predicted molar refractivity (Wildman–Crippen MR) is 153 cm³/mol. The Bertz CT molecular complexity index is 1420. The van der Waals surface area contributed by atoms with Crippen LogP contribution in [0.1, 0.15) is 31.7 Å². The van der Waals surface area contributed by atoms with Crippen LogP contribution in [0.15, 0.2) is 91.0 Å². The highest BCUT2D eigenvalue weighted by Gasteiger charge is 2.46. The van der Waals surface area contributed by atoms with Crippen LogP contribution in [0.5, 0.6) is 5.75 Å². The molecular formula is C32H34N4O3. The lowest BCUT2D eigenvalue weighted by molar-refractivity contribution is -0.136. The summed E-state index contributed by atoms with van der Waals surface area (Å²) in [5.74, 6) is 1.45. The fraction of sp³-hybridized carbons (Fsp3) is 0.281. The quantitative estimate of drug-likeness (QED) is 0.287. The molecule has 1 fully saturated rings. The second-order valence-corrected chi connectivity index (χ2v) is 10.4. The van der Waals surface area contributed by atoms with Crippen molar-refractivity contribution < 1.29 is 14.3 Å². The van der Waals surface area contributed by atoms with Crippen molar-refractivity contribution in [2.24, 2.45) is 11.8 Å². The lowest BCUT2D eigenvalue weighted by Crippen LogP contribution is -2.41. The highest BCUT2D eigenvalue weighted by atomic mass is 16.5. The number of ether oxygens (including phenoxy) is 1. The first-order valence-corrected chi connectivity index (χ1v) is 13.4. The second kappa shape index (κ2) is 11.6. The van der Waals surface area contributed by atoms with Crippen molar-refractivity contribution >= 4 is 17.6 Å². The van der Waals surface area contributed by atoms with E-state index in [0.29, 0.717) is 12.4 Å². The standard InChI is InChI=1S/C32H34N4O3/c1-22(2)20-35(32(38)28-18-27(28)23-10-6-4-7-11-23)21-31(37)33-30-19-29(24-12-8-5-9-13-24)34-36(30)25-14-16-26(39-3)17-15-25/h4-17,19,22,27-28H,18,20-21H2,1-3H3,(H,33,37). The molecule has 1 saturated carbocycles. The molecule has 0 aliphatic heterocycles. The summed E-state index contributed by atoms with van der Waals surface area (Å²) in [6, 6.07) is 29.3. The third-order valence-corrected chi connectivity index (χ3v) is 6.93. The Morgan fingerprint density at radius 1 is 1.00 bits per heavy atom. The maximum absolute atomic E-state index is 13.5. The molecule has 1 aliphatic carbocycles.